The van der Waals surface area contributed by atoms with E-state index >= 15 is 0 Å². The smallest absolute Gasteiger partial charge is 0.405 e. The Kier molecular flexibility index (Phi) is 7.96. The summed E-state index contributed by atoms with van der Waals surface area (Å²) in [5.41, 5.74) is 0.865. The Hall–Kier alpha value is -3.14. The molecule has 0 aliphatic carbocycles. The van der Waals surface area contributed by atoms with Crippen LogP contribution in [0.5, 0.6) is 5.75 Å². The molecule has 1 amide bonds. The topological polar surface area (TPSA) is 84.9 Å². The van der Waals surface area contributed by atoms with Gasteiger partial charge in [0.2, 0.25) is 11.6 Å². The quantitative estimate of drug-likeness (QED) is 0.353. The normalized spacial score (nSPS) is 11.7. The molecular formula is C19H17F4NO5. The highest BCUT2D eigenvalue weighted by Crippen LogP contribution is 2.26. The lowest BCUT2D eigenvalue weighted by Gasteiger charge is -2.17. The second kappa shape index (κ2) is 10.4. The standard InChI is InChI=1S/C19H17F4NO5/c20-12-8-13(21)17(23)18(16(12)22)29-10-15(25)14(24-19(26)27)6-7-28-9-11-4-2-1-3-5-11/h1-5,8,14,24H,6-7,9-10H2,(H,26,27)/t14-/m0/s1. The van der Waals surface area contributed by atoms with E-state index in [1.807, 2.05) is 35.6 Å². The van der Waals surface area contributed by atoms with Crippen LogP contribution in [0.3, 0.4) is 0 Å². The van der Waals surface area contributed by atoms with Crippen molar-refractivity contribution < 1.29 is 41.7 Å². The zero-order valence-corrected chi connectivity index (χ0v) is 15.0. The average Bonchev–Trinajstić information content (AvgIpc) is 2.69. The van der Waals surface area contributed by atoms with E-state index in [0.29, 0.717) is 0 Å². The molecule has 2 N–H and O–H groups in total. The Labute approximate surface area is 163 Å². The van der Waals surface area contributed by atoms with Gasteiger partial charge in [-0.05, 0) is 12.0 Å². The van der Waals surface area contributed by atoms with Crippen LogP contribution in [0.4, 0.5) is 22.4 Å². The van der Waals surface area contributed by atoms with Crippen molar-refractivity contribution in [3.63, 3.8) is 0 Å². The fourth-order valence-electron chi connectivity index (χ4n) is 2.35. The highest BCUT2D eigenvalue weighted by molar-refractivity contribution is 5.88. The number of benzene rings is 2. The number of carboxylic acid groups (broad SMARTS) is 1. The van der Waals surface area contributed by atoms with Gasteiger partial charge in [0.15, 0.2) is 23.2 Å². The predicted molar refractivity (Wildman–Crippen MR) is 92.4 cm³/mol. The first-order valence-electron chi connectivity index (χ1n) is 8.39. The summed E-state index contributed by atoms with van der Waals surface area (Å²) in [6.07, 6.45) is -1.61. The van der Waals surface area contributed by atoms with Crippen LogP contribution in [-0.2, 0) is 16.1 Å². The largest absolute Gasteiger partial charge is 0.479 e. The second-order valence-electron chi connectivity index (χ2n) is 5.88. The molecule has 0 aliphatic heterocycles. The number of ketones is 1. The Balaban J connectivity index is 1.94. The Bertz CT molecular complexity index is 837. The summed E-state index contributed by atoms with van der Waals surface area (Å²) in [6.45, 7) is -0.798. The molecule has 0 heterocycles. The van der Waals surface area contributed by atoms with Crippen LogP contribution >= 0.6 is 0 Å². The van der Waals surface area contributed by atoms with E-state index in [1.165, 1.54) is 0 Å². The Morgan fingerprint density at radius 1 is 1.03 bits per heavy atom. The number of nitrogens with one attached hydrogen (secondary N) is 1. The van der Waals surface area contributed by atoms with Crippen molar-refractivity contribution in [1.29, 1.82) is 0 Å². The van der Waals surface area contributed by atoms with Gasteiger partial charge in [-0.2, -0.15) is 8.78 Å². The van der Waals surface area contributed by atoms with Crippen molar-refractivity contribution in [3.8, 4) is 5.75 Å². The molecule has 0 aromatic heterocycles. The van der Waals surface area contributed by atoms with Crippen LogP contribution in [0, 0.1) is 23.3 Å². The summed E-state index contributed by atoms with van der Waals surface area (Å²) < 4.78 is 63.4. The minimum absolute atomic E-state index is 0.00177. The number of amides is 1. The van der Waals surface area contributed by atoms with Crippen LogP contribution in [0.25, 0.3) is 0 Å². The number of hydrogen-bond donors (Lipinski definition) is 2. The molecule has 0 unspecified atom stereocenters. The van der Waals surface area contributed by atoms with Gasteiger partial charge < -0.3 is 19.9 Å². The van der Waals surface area contributed by atoms with Crippen LogP contribution in [0.15, 0.2) is 36.4 Å². The van der Waals surface area contributed by atoms with Gasteiger partial charge in [0.1, 0.15) is 6.61 Å². The first-order valence-corrected chi connectivity index (χ1v) is 8.39. The van der Waals surface area contributed by atoms with E-state index in [0.717, 1.165) is 5.56 Å². The van der Waals surface area contributed by atoms with Crippen molar-refractivity contribution in [2.75, 3.05) is 13.2 Å². The maximum atomic E-state index is 13.6. The van der Waals surface area contributed by atoms with Crippen LogP contribution in [0.2, 0.25) is 0 Å². The van der Waals surface area contributed by atoms with Gasteiger partial charge in [-0.15, -0.1) is 0 Å². The first-order chi connectivity index (χ1) is 13.8. The lowest BCUT2D eigenvalue weighted by molar-refractivity contribution is -0.123. The van der Waals surface area contributed by atoms with Gasteiger partial charge in [0.05, 0.1) is 12.6 Å². The van der Waals surface area contributed by atoms with Crippen LogP contribution in [-0.4, -0.2) is 36.2 Å². The van der Waals surface area contributed by atoms with E-state index < -0.39 is 53.5 Å². The van der Waals surface area contributed by atoms with Crippen molar-refractivity contribution >= 4 is 11.9 Å². The predicted octanol–water partition coefficient (Wildman–Crippen LogP) is 3.43. The number of carbonyl (C=O) groups excluding carboxylic acids is 1. The molecule has 0 saturated carbocycles. The molecule has 156 valence electrons. The minimum atomic E-state index is -1.80. The maximum Gasteiger partial charge on any atom is 0.405 e. The van der Waals surface area contributed by atoms with Gasteiger partial charge in [0, 0.05) is 12.7 Å². The molecule has 0 fully saturated rings. The molecule has 0 bridgehead atoms. The minimum Gasteiger partial charge on any atom is -0.479 e. The zero-order chi connectivity index (χ0) is 21.4. The Morgan fingerprint density at radius 2 is 1.66 bits per heavy atom. The lowest BCUT2D eigenvalue weighted by Crippen LogP contribution is -2.43. The number of rotatable bonds is 10. The maximum absolute atomic E-state index is 13.6. The van der Waals surface area contributed by atoms with Crippen molar-refractivity contribution in [2.24, 2.45) is 0 Å². The average molecular weight is 415 g/mol. The molecule has 0 saturated heterocycles. The highest BCUT2D eigenvalue weighted by Gasteiger charge is 2.25. The molecule has 2 rings (SSSR count). The van der Waals surface area contributed by atoms with Crippen LogP contribution in [0.1, 0.15) is 12.0 Å². The van der Waals surface area contributed by atoms with Gasteiger partial charge in [-0.3, -0.25) is 4.79 Å². The summed E-state index contributed by atoms with van der Waals surface area (Å²) in [4.78, 5) is 23.0. The Morgan fingerprint density at radius 3 is 2.24 bits per heavy atom. The summed E-state index contributed by atoms with van der Waals surface area (Å²) in [6, 6.07) is 7.75. The summed E-state index contributed by atoms with van der Waals surface area (Å²) in [5, 5.41) is 10.8. The molecule has 2 aromatic rings. The third-order valence-corrected chi connectivity index (χ3v) is 3.78. The van der Waals surface area contributed by atoms with E-state index in [1.54, 1.807) is 0 Å². The monoisotopic (exact) mass is 415 g/mol. The molecule has 29 heavy (non-hydrogen) atoms. The number of Topliss-reactive ketones (excluding diaryl/α,β-unsaturated/α-hetero) is 1. The highest BCUT2D eigenvalue weighted by atomic mass is 19.2. The SMILES string of the molecule is O=C(O)N[C@@H](CCOCc1ccccc1)C(=O)COc1c(F)c(F)cc(F)c1F. The fourth-order valence-corrected chi connectivity index (χ4v) is 2.35. The first kappa shape index (κ1) is 22.2. The van der Waals surface area contributed by atoms with Gasteiger partial charge in [-0.25, -0.2) is 13.6 Å². The van der Waals surface area contributed by atoms with Crippen molar-refractivity contribution in [1.82, 2.24) is 5.32 Å². The molecule has 1 atom stereocenters. The van der Waals surface area contributed by atoms with Crippen LogP contribution < -0.4 is 10.1 Å². The molecule has 0 radical (unpaired) electrons. The zero-order valence-electron chi connectivity index (χ0n) is 15.0. The number of carbonyl (C=O) groups is 2. The molecule has 0 aliphatic rings. The van der Waals surface area contributed by atoms with Gasteiger partial charge in [-0.1, -0.05) is 30.3 Å². The van der Waals surface area contributed by atoms with Gasteiger partial charge in [0.25, 0.3) is 0 Å². The van der Waals surface area contributed by atoms with E-state index in [4.69, 9.17) is 9.84 Å². The van der Waals surface area contributed by atoms with Gasteiger partial charge >= 0.3 is 6.09 Å². The van der Waals surface area contributed by atoms with E-state index in [2.05, 4.69) is 4.74 Å². The summed E-state index contributed by atoms with van der Waals surface area (Å²) in [5.74, 6) is -9.29. The summed E-state index contributed by atoms with van der Waals surface area (Å²) in [7, 11) is 0. The number of hydrogen-bond acceptors (Lipinski definition) is 4. The van der Waals surface area contributed by atoms with Crippen molar-refractivity contribution in [2.45, 2.75) is 19.1 Å². The van der Waals surface area contributed by atoms with Crippen molar-refractivity contribution in [3.05, 3.63) is 65.2 Å². The number of ether oxygens (including phenoxy) is 2. The van der Waals surface area contributed by atoms with E-state index in [-0.39, 0.29) is 25.7 Å². The molecule has 10 heteroatoms. The molecule has 0 spiro atoms. The third-order valence-electron chi connectivity index (χ3n) is 3.78. The second-order valence-corrected chi connectivity index (χ2v) is 5.88. The molecule has 6 nitrogen and oxygen atoms in total. The molecular weight excluding hydrogens is 398 g/mol. The number of halogens is 4. The summed E-state index contributed by atoms with van der Waals surface area (Å²) >= 11 is 0. The molecule has 2 aromatic carbocycles. The van der Waals surface area contributed by atoms with E-state index in [9.17, 15) is 27.2 Å². The fraction of sp³-hybridized carbons (Fsp3) is 0.263. The lowest BCUT2D eigenvalue weighted by atomic mass is 10.1. The third kappa shape index (κ3) is 6.46.